The highest BCUT2D eigenvalue weighted by molar-refractivity contribution is 6.30. The lowest BCUT2D eigenvalue weighted by molar-refractivity contribution is -0.124. The van der Waals surface area contributed by atoms with Crippen LogP contribution in [0.25, 0.3) is 0 Å². The number of nitrogens with two attached hydrogens (primary N) is 1. The van der Waals surface area contributed by atoms with E-state index in [2.05, 4.69) is 6.07 Å². The van der Waals surface area contributed by atoms with Gasteiger partial charge in [0.2, 0.25) is 11.8 Å². The number of anilines is 1. The molecule has 0 bridgehead atoms. The van der Waals surface area contributed by atoms with Gasteiger partial charge in [-0.15, -0.1) is 0 Å². The van der Waals surface area contributed by atoms with E-state index in [4.69, 9.17) is 22.1 Å². The van der Waals surface area contributed by atoms with Crippen molar-refractivity contribution in [1.82, 2.24) is 0 Å². The molecule has 0 radical (unpaired) electrons. The van der Waals surface area contributed by atoms with E-state index in [1.165, 1.54) is 0 Å². The minimum absolute atomic E-state index is 0.0300. The van der Waals surface area contributed by atoms with Gasteiger partial charge in [-0.1, -0.05) is 41.9 Å². The van der Waals surface area contributed by atoms with Gasteiger partial charge in [-0.05, 0) is 30.2 Å². The van der Waals surface area contributed by atoms with Gasteiger partial charge in [0.05, 0.1) is 12.1 Å². The maximum atomic E-state index is 14.1. The second kappa shape index (κ2) is 7.00. The zero-order valence-electron chi connectivity index (χ0n) is 16.5. The van der Waals surface area contributed by atoms with E-state index in [-0.39, 0.29) is 35.3 Å². The maximum Gasteiger partial charge on any atom is 0.248 e. The Kier molecular flexibility index (Phi) is 4.38. The van der Waals surface area contributed by atoms with Crippen molar-refractivity contribution >= 4 is 29.0 Å². The van der Waals surface area contributed by atoms with E-state index in [0.29, 0.717) is 41.3 Å². The van der Waals surface area contributed by atoms with Gasteiger partial charge < -0.3 is 15.4 Å². The fourth-order valence-corrected chi connectivity index (χ4v) is 4.96. The normalized spacial score (nSPS) is 22.4. The first-order valence-corrected chi connectivity index (χ1v) is 10.4. The predicted octanol–water partition coefficient (Wildman–Crippen LogP) is 3.86. The highest BCUT2D eigenvalue weighted by atomic mass is 35.5. The molecule has 1 spiro atoms. The molecule has 2 aromatic rings. The third-order valence-corrected chi connectivity index (χ3v) is 6.38. The highest BCUT2D eigenvalue weighted by Gasteiger charge is 2.61. The zero-order valence-corrected chi connectivity index (χ0v) is 17.3. The Hall–Kier alpha value is -3.56. The molecule has 31 heavy (non-hydrogen) atoms. The SMILES string of the molecule is N#CC1=C(N)OC2=C(C(=O)CCC2)[C@]12C(=O)N(Cc1ccc(Cl)cc1)c1ccccc12. The summed E-state index contributed by atoms with van der Waals surface area (Å²) in [5, 5.41) is 10.6. The number of para-hydroxylation sites is 1. The van der Waals surface area contributed by atoms with E-state index in [1.54, 1.807) is 29.2 Å². The molecule has 2 N–H and O–H groups in total. The van der Waals surface area contributed by atoms with Gasteiger partial charge in [-0.3, -0.25) is 9.59 Å². The van der Waals surface area contributed by atoms with E-state index < -0.39 is 5.41 Å². The predicted molar refractivity (Wildman–Crippen MR) is 115 cm³/mol. The Bertz CT molecular complexity index is 1240. The Labute approximate surface area is 184 Å². The third kappa shape index (κ3) is 2.63. The first-order valence-electron chi connectivity index (χ1n) is 9.99. The molecule has 3 aliphatic rings. The molecule has 7 heteroatoms. The molecule has 1 amide bonds. The summed E-state index contributed by atoms with van der Waals surface area (Å²) in [5.74, 6) is -0.274. The van der Waals surface area contributed by atoms with Gasteiger partial charge in [0.25, 0.3) is 0 Å². The van der Waals surface area contributed by atoms with Crippen LogP contribution in [-0.2, 0) is 26.3 Å². The van der Waals surface area contributed by atoms with E-state index >= 15 is 0 Å². The van der Waals surface area contributed by atoms with Crippen molar-refractivity contribution in [2.45, 2.75) is 31.2 Å². The minimum atomic E-state index is -1.58. The molecule has 2 heterocycles. The minimum Gasteiger partial charge on any atom is -0.444 e. The van der Waals surface area contributed by atoms with Crippen LogP contribution in [0.2, 0.25) is 5.02 Å². The lowest BCUT2D eigenvalue weighted by atomic mass is 9.65. The maximum absolute atomic E-state index is 14.1. The average Bonchev–Trinajstić information content (AvgIpc) is 2.99. The van der Waals surface area contributed by atoms with Crippen molar-refractivity contribution in [2.75, 3.05) is 4.90 Å². The second-order valence-corrected chi connectivity index (χ2v) is 8.25. The molecule has 0 fully saturated rings. The molecule has 0 saturated heterocycles. The van der Waals surface area contributed by atoms with Crippen molar-refractivity contribution in [3.63, 3.8) is 0 Å². The number of nitriles is 1. The monoisotopic (exact) mass is 431 g/mol. The number of hydrogen-bond donors (Lipinski definition) is 1. The molecule has 2 aliphatic heterocycles. The standard InChI is InChI=1S/C24H18ClN3O3/c25-15-10-8-14(9-11-15)13-28-18-5-2-1-4-16(18)24(23(28)30)17(12-26)22(27)31-20-7-3-6-19(29)21(20)24/h1-2,4-5,8-11H,3,6-7,13,27H2/t24-/m1/s1. The molecule has 1 aliphatic carbocycles. The zero-order chi connectivity index (χ0) is 21.8. The topological polar surface area (TPSA) is 96.4 Å². The fraction of sp³-hybridized carbons (Fsp3) is 0.208. The number of amides is 1. The van der Waals surface area contributed by atoms with Gasteiger partial charge in [-0.2, -0.15) is 5.26 Å². The number of Topliss-reactive ketones (excluding diaryl/α,β-unsaturated/α-hetero) is 1. The number of fused-ring (bicyclic) bond motifs is 3. The van der Waals surface area contributed by atoms with Crippen LogP contribution in [0.5, 0.6) is 0 Å². The third-order valence-electron chi connectivity index (χ3n) is 6.13. The summed E-state index contributed by atoms with van der Waals surface area (Å²) >= 11 is 6.01. The summed E-state index contributed by atoms with van der Waals surface area (Å²) in [6, 6.07) is 16.5. The second-order valence-electron chi connectivity index (χ2n) is 7.81. The first kappa shape index (κ1) is 19.4. The molecule has 154 valence electrons. The Balaban J connectivity index is 1.76. The summed E-state index contributed by atoms with van der Waals surface area (Å²) in [4.78, 5) is 28.9. The number of ether oxygens (including phenoxy) is 1. The number of allylic oxidation sites excluding steroid dienone is 1. The number of halogens is 1. The van der Waals surface area contributed by atoms with Gasteiger partial charge >= 0.3 is 0 Å². The van der Waals surface area contributed by atoms with E-state index in [1.807, 2.05) is 24.3 Å². The fourth-order valence-electron chi connectivity index (χ4n) is 4.83. The summed E-state index contributed by atoms with van der Waals surface area (Å²) in [6.07, 6.45) is 1.41. The Morgan fingerprint density at radius 2 is 1.87 bits per heavy atom. The molecule has 2 aromatic carbocycles. The Morgan fingerprint density at radius 3 is 2.61 bits per heavy atom. The van der Waals surface area contributed by atoms with Crippen LogP contribution in [0.3, 0.4) is 0 Å². The number of nitrogens with zero attached hydrogens (tertiary/aromatic N) is 2. The smallest absolute Gasteiger partial charge is 0.248 e. The van der Waals surface area contributed by atoms with Crippen LogP contribution in [0.4, 0.5) is 5.69 Å². The molecule has 0 aromatic heterocycles. The molecule has 0 unspecified atom stereocenters. The van der Waals surface area contributed by atoms with Crippen molar-refractivity contribution in [3.05, 3.63) is 87.5 Å². The highest BCUT2D eigenvalue weighted by Crippen LogP contribution is 2.55. The van der Waals surface area contributed by atoms with Gasteiger partial charge in [-0.25, -0.2) is 0 Å². The summed E-state index contributed by atoms with van der Waals surface area (Å²) in [5.41, 5.74) is 6.88. The lowest BCUT2D eigenvalue weighted by Crippen LogP contribution is -2.48. The lowest BCUT2D eigenvalue weighted by Gasteiger charge is -2.37. The largest absolute Gasteiger partial charge is 0.444 e. The van der Waals surface area contributed by atoms with Crippen LogP contribution >= 0.6 is 11.6 Å². The average molecular weight is 432 g/mol. The van der Waals surface area contributed by atoms with E-state index in [0.717, 1.165) is 5.56 Å². The van der Waals surface area contributed by atoms with Gasteiger partial charge in [0.15, 0.2) is 5.78 Å². The summed E-state index contributed by atoms with van der Waals surface area (Å²) in [7, 11) is 0. The summed E-state index contributed by atoms with van der Waals surface area (Å²) < 4.78 is 5.69. The van der Waals surface area contributed by atoms with Crippen LogP contribution in [0, 0.1) is 11.3 Å². The molecule has 0 saturated carbocycles. The molecule has 5 rings (SSSR count). The number of carbonyl (C=O) groups is 2. The van der Waals surface area contributed by atoms with Crippen molar-refractivity contribution in [3.8, 4) is 6.07 Å². The number of carbonyl (C=O) groups excluding carboxylic acids is 2. The van der Waals surface area contributed by atoms with Crippen LogP contribution < -0.4 is 10.6 Å². The van der Waals surface area contributed by atoms with Crippen LogP contribution in [-0.4, -0.2) is 11.7 Å². The number of hydrogen-bond acceptors (Lipinski definition) is 5. The molecular weight excluding hydrogens is 414 g/mol. The van der Waals surface area contributed by atoms with Gasteiger partial charge in [0, 0.05) is 29.1 Å². The number of benzene rings is 2. The molecule has 1 atom stereocenters. The van der Waals surface area contributed by atoms with Crippen LogP contribution in [0.1, 0.15) is 30.4 Å². The Morgan fingerprint density at radius 1 is 1.13 bits per heavy atom. The molecular formula is C24H18ClN3O3. The first-order chi connectivity index (χ1) is 15.0. The van der Waals surface area contributed by atoms with Crippen molar-refractivity contribution in [2.24, 2.45) is 5.73 Å². The van der Waals surface area contributed by atoms with Crippen molar-refractivity contribution in [1.29, 1.82) is 5.26 Å². The summed E-state index contributed by atoms with van der Waals surface area (Å²) in [6.45, 7) is 0.269. The number of rotatable bonds is 2. The van der Waals surface area contributed by atoms with Crippen LogP contribution in [0.15, 0.2) is 71.3 Å². The van der Waals surface area contributed by atoms with Crippen molar-refractivity contribution < 1.29 is 14.3 Å². The van der Waals surface area contributed by atoms with Gasteiger partial charge in [0.1, 0.15) is 22.8 Å². The number of ketones is 1. The van der Waals surface area contributed by atoms with E-state index in [9.17, 15) is 14.9 Å². The molecule has 6 nitrogen and oxygen atoms in total. The quantitative estimate of drug-likeness (QED) is 0.778.